The number of nitrogens with one attached hydrogen (secondary N) is 2. The number of anilines is 1. The summed E-state index contributed by atoms with van der Waals surface area (Å²) in [5, 5.41) is 6.83. The summed E-state index contributed by atoms with van der Waals surface area (Å²) in [6, 6.07) is 0.497. The van der Waals surface area contributed by atoms with Crippen LogP contribution in [0, 0.1) is 11.8 Å². The van der Waals surface area contributed by atoms with Crippen molar-refractivity contribution in [2.45, 2.75) is 161 Å². The predicted octanol–water partition coefficient (Wildman–Crippen LogP) is 9.25. The van der Waals surface area contributed by atoms with E-state index in [0.717, 1.165) is 118 Å². The van der Waals surface area contributed by atoms with Crippen LogP contribution in [0.25, 0.3) is 0 Å². The number of carbonyl (C=O) groups is 2. The van der Waals surface area contributed by atoms with Gasteiger partial charge in [0.2, 0.25) is 0 Å². The third-order valence-corrected chi connectivity index (χ3v) is 14.9. The molecule has 3 aliphatic heterocycles. The van der Waals surface area contributed by atoms with E-state index in [4.69, 9.17) is 9.47 Å². The molecule has 1 saturated heterocycles. The molecule has 0 aromatic carbocycles. The first-order chi connectivity index (χ1) is 27.8. The van der Waals surface area contributed by atoms with E-state index in [1.807, 2.05) is 41.5 Å². The number of aromatic nitrogens is 2. The Kier molecular flexibility index (Phi) is 16.0. The number of alkyl carbamates (subject to hydrolysis) is 2. The van der Waals surface area contributed by atoms with Gasteiger partial charge in [0, 0.05) is 60.9 Å². The maximum atomic E-state index is 13.2. The van der Waals surface area contributed by atoms with Crippen molar-refractivity contribution in [3.8, 4) is 0 Å². The Labute approximate surface area is 367 Å². The fourth-order valence-electron chi connectivity index (χ4n) is 8.87. The van der Waals surface area contributed by atoms with Crippen molar-refractivity contribution in [2.75, 3.05) is 57.3 Å². The zero-order valence-electron chi connectivity index (χ0n) is 36.2. The van der Waals surface area contributed by atoms with E-state index >= 15 is 0 Å². The average Bonchev–Trinajstić information content (AvgIpc) is 3.58. The topological polar surface area (TPSA) is 112 Å². The lowest BCUT2D eigenvalue weighted by Crippen LogP contribution is -2.56. The minimum atomic E-state index is -2.55. The number of rotatable bonds is 9. The minimum absolute atomic E-state index is 0.193. The number of thiazole rings is 2. The first kappa shape index (κ1) is 46.4. The summed E-state index contributed by atoms with van der Waals surface area (Å²) in [5.41, 5.74) is 1.52. The lowest BCUT2D eigenvalue weighted by Gasteiger charge is -2.38. The van der Waals surface area contributed by atoms with E-state index < -0.39 is 17.1 Å². The largest absolute Gasteiger partial charge is 0.444 e. The van der Waals surface area contributed by atoms with E-state index in [9.17, 15) is 18.4 Å². The van der Waals surface area contributed by atoms with Crippen LogP contribution >= 0.6 is 38.6 Å². The quantitative estimate of drug-likeness (QED) is 0.254. The van der Waals surface area contributed by atoms with Crippen LogP contribution in [0.2, 0.25) is 0 Å². The standard InChI is InChI=1S/C23H36F2N4O2S.C20H32BrN3O2S/c1-22(2,3)31-21(30)26-17-6-4-16(5-7-17)8-11-28-12-9-18-19(10-13-28)32-20(27-18)29-14-23(24,25)15-29;1-20(2,3)26-19(25)22-15-6-4-14(5-7-15)8-11-24-12-9-16-17(10-13-24)27-18(21)23-16/h16-17H,4-15H2,1-3H3,(H,26,30);14-15H,4-13H2,1-3H3,(H,22,25). The molecule has 2 aromatic heterocycles. The van der Waals surface area contributed by atoms with Crippen molar-refractivity contribution in [1.29, 1.82) is 0 Å². The van der Waals surface area contributed by atoms with E-state index in [1.165, 1.54) is 47.7 Å². The Balaban J connectivity index is 0.000000201. The van der Waals surface area contributed by atoms with Gasteiger partial charge in [-0.05, 0) is 159 Å². The molecule has 2 amide bonds. The lowest BCUT2D eigenvalue weighted by atomic mass is 9.84. The van der Waals surface area contributed by atoms with Gasteiger partial charge in [0.25, 0.3) is 5.92 Å². The van der Waals surface area contributed by atoms with Gasteiger partial charge in [0.15, 0.2) is 9.05 Å². The summed E-state index contributed by atoms with van der Waals surface area (Å²) in [6.07, 6.45) is 14.8. The van der Waals surface area contributed by atoms with Crippen LogP contribution in [0.15, 0.2) is 3.92 Å². The van der Waals surface area contributed by atoms with Crippen molar-refractivity contribution in [3.63, 3.8) is 0 Å². The highest BCUT2D eigenvalue weighted by atomic mass is 79.9. The number of nitrogens with zero attached hydrogens (tertiary/aromatic N) is 5. The number of alkyl halides is 2. The zero-order chi connectivity index (χ0) is 42.4. The van der Waals surface area contributed by atoms with Crippen LogP contribution in [0.3, 0.4) is 0 Å². The summed E-state index contributed by atoms with van der Waals surface area (Å²) < 4.78 is 38.1. The van der Waals surface area contributed by atoms with Crippen LogP contribution in [0.1, 0.15) is 127 Å². The monoisotopic (exact) mass is 927 g/mol. The summed E-state index contributed by atoms with van der Waals surface area (Å²) in [7, 11) is 0. The number of fused-ring (bicyclic) bond motifs is 2. The maximum Gasteiger partial charge on any atom is 0.407 e. The van der Waals surface area contributed by atoms with Crippen LogP contribution < -0.4 is 15.5 Å². The first-order valence-electron chi connectivity index (χ1n) is 22.0. The number of hydrogen-bond acceptors (Lipinski definition) is 11. The number of amides is 2. The highest BCUT2D eigenvalue weighted by molar-refractivity contribution is 9.11. The number of halogens is 3. The van der Waals surface area contributed by atoms with E-state index in [0.29, 0.717) is 5.92 Å². The number of hydrogen-bond donors (Lipinski definition) is 2. The Morgan fingerprint density at radius 1 is 0.695 bits per heavy atom. The van der Waals surface area contributed by atoms with Gasteiger partial charge in [-0.1, -0.05) is 0 Å². The van der Waals surface area contributed by atoms with Crippen molar-refractivity contribution in [2.24, 2.45) is 11.8 Å². The molecule has 7 rings (SSSR count). The second kappa shape index (κ2) is 20.4. The van der Waals surface area contributed by atoms with Crippen molar-refractivity contribution < 1.29 is 27.8 Å². The molecule has 59 heavy (non-hydrogen) atoms. The fraction of sp³-hybridized carbons (Fsp3) is 0.814. The molecular formula is C43H68BrF2N7O4S2. The molecule has 0 bridgehead atoms. The highest BCUT2D eigenvalue weighted by Gasteiger charge is 2.45. The molecule has 2 saturated carbocycles. The SMILES string of the molecule is CC(C)(C)OC(=O)NC1CCC(CCN2CCc3nc(Br)sc3CC2)CC1.CC(C)(C)OC(=O)NC1CCC(CCN2CCc3nc(N4CC(F)(F)C4)sc3CC2)CC1. The van der Waals surface area contributed by atoms with Gasteiger partial charge in [0.1, 0.15) is 11.2 Å². The van der Waals surface area contributed by atoms with Crippen molar-refractivity contribution in [3.05, 3.63) is 25.1 Å². The molecule has 0 spiro atoms. The third-order valence-electron chi connectivity index (χ3n) is 12.1. The summed E-state index contributed by atoms with van der Waals surface area (Å²) in [6.45, 7) is 17.5. The van der Waals surface area contributed by atoms with Gasteiger partial charge in [0.05, 0.1) is 24.5 Å². The van der Waals surface area contributed by atoms with Gasteiger partial charge in [-0.25, -0.2) is 28.3 Å². The molecular weight excluding hydrogens is 861 g/mol. The Hall–Kier alpha value is -2.14. The Bertz CT molecular complexity index is 1620. The predicted molar refractivity (Wildman–Crippen MR) is 236 cm³/mol. The first-order valence-corrected chi connectivity index (χ1v) is 24.5. The van der Waals surface area contributed by atoms with Crippen molar-refractivity contribution in [1.82, 2.24) is 30.4 Å². The molecule has 0 unspecified atom stereocenters. The molecule has 5 aliphatic rings. The van der Waals surface area contributed by atoms with Crippen LogP contribution in [0.4, 0.5) is 23.5 Å². The van der Waals surface area contributed by atoms with E-state index in [-0.39, 0.29) is 37.4 Å². The molecule has 5 heterocycles. The summed E-state index contributed by atoms with van der Waals surface area (Å²) in [4.78, 5) is 42.7. The van der Waals surface area contributed by atoms with Gasteiger partial charge in [-0.3, -0.25) is 0 Å². The smallest absolute Gasteiger partial charge is 0.407 e. The molecule has 16 heteroatoms. The zero-order valence-corrected chi connectivity index (χ0v) is 39.4. The molecule has 332 valence electrons. The van der Waals surface area contributed by atoms with E-state index in [2.05, 4.69) is 46.3 Å². The van der Waals surface area contributed by atoms with Gasteiger partial charge < -0.3 is 34.8 Å². The molecule has 2 aromatic rings. The molecule has 0 atom stereocenters. The second-order valence-corrected chi connectivity index (χ2v) is 22.8. The van der Waals surface area contributed by atoms with Gasteiger partial charge in [-0.2, -0.15) is 0 Å². The summed E-state index contributed by atoms with van der Waals surface area (Å²) >= 11 is 6.90. The highest BCUT2D eigenvalue weighted by Crippen LogP contribution is 2.37. The number of ether oxygens (including phenoxy) is 2. The molecule has 2 aliphatic carbocycles. The lowest BCUT2D eigenvalue weighted by molar-refractivity contribution is -0.0263. The van der Waals surface area contributed by atoms with Crippen molar-refractivity contribution >= 4 is 55.9 Å². The maximum absolute atomic E-state index is 13.2. The number of carbonyl (C=O) groups excluding carboxylic acids is 2. The average molecular weight is 929 g/mol. The van der Waals surface area contributed by atoms with Crippen LogP contribution in [-0.2, 0) is 35.2 Å². The Morgan fingerprint density at radius 2 is 1.12 bits per heavy atom. The molecule has 2 N–H and O–H groups in total. The van der Waals surface area contributed by atoms with Crippen LogP contribution in [-0.4, -0.2) is 114 Å². The molecule has 0 radical (unpaired) electrons. The summed E-state index contributed by atoms with van der Waals surface area (Å²) in [5.74, 6) is -1.06. The minimum Gasteiger partial charge on any atom is -0.444 e. The van der Waals surface area contributed by atoms with Gasteiger partial charge in [-0.15, -0.1) is 22.7 Å². The third kappa shape index (κ3) is 15.0. The van der Waals surface area contributed by atoms with Gasteiger partial charge >= 0.3 is 12.2 Å². The second-order valence-electron chi connectivity index (χ2n) is 19.4. The normalized spacial score (nSPS) is 25.2. The Morgan fingerprint density at radius 3 is 1.56 bits per heavy atom. The molecule has 11 nitrogen and oxygen atoms in total. The molecule has 3 fully saturated rings. The van der Waals surface area contributed by atoms with E-state index in [1.54, 1.807) is 27.6 Å². The fourth-order valence-corrected chi connectivity index (χ4v) is 11.6. The van der Waals surface area contributed by atoms with Crippen LogP contribution in [0.5, 0.6) is 0 Å².